The lowest BCUT2D eigenvalue weighted by Gasteiger charge is -2.42. The second-order valence-corrected chi connectivity index (χ2v) is 9.30. The highest BCUT2D eigenvalue weighted by Gasteiger charge is 2.35. The Balaban J connectivity index is 1.59. The van der Waals surface area contributed by atoms with Crippen LogP contribution in [0.5, 0.6) is 0 Å². The minimum Gasteiger partial charge on any atom is -0.444 e. The molecule has 0 aromatic heterocycles. The quantitative estimate of drug-likeness (QED) is 0.578. The second kappa shape index (κ2) is 9.03. The Morgan fingerprint density at radius 2 is 1.59 bits per heavy atom. The van der Waals surface area contributed by atoms with E-state index in [2.05, 4.69) is 12.1 Å². The number of carbonyl (C=O) groups excluding carboxylic acids is 2. The van der Waals surface area contributed by atoms with Gasteiger partial charge in [0.25, 0.3) is 5.91 Å². The van der Waals surface area contributed by atoms with E-state index in [0.717, 1.165) is 16.3 Å². The molecule has 0 aliphatic carbocycles. The summed E-state index contributed by atoms with van der Waals surface area (Å²) >= 11 is 0. The minimum absolute atomic E-state index is 0.00343. The Kier molecular flexibility index (Phi) is 6.17. The number of hydrogen-bond donors (Lipinski definition) is 0. The highest BCUT2D eigenvalue weighted by molar-refractivity contribution is 6.07. The maximum absolute atomic E-state index is 13.5. The van der Waals surface area contributed by atoms with Crippen LogP contribution in [0.15, 0.2) is 72.8 Å². The Hall–Kier alpha value is -3.34. The highest BCUT2D eigenvalue weighted by Crippen LogP contribution is 2.24. The van der Waals surface area contributed by atoms with Gasteiger partial charge in [-0.05, 0) is 49.6 Å². The van der Waals surface area contributed by atoms with Gasteiger partial charge in [-0.15, -0.1) is 0 Å². The molecule has 32 heavy (non-hydrogen) atoms. The van der Waals surface area contributed by atoms with Crippen LogP contribution < -0.4 is 0 Å². The van der Waals surface area contributed by atoms with Crippen LogP contribution in [0.3, 0.4) is 0 Å². The van der Waals surface area contributed by atoms with Gasteiger partial charge in [-0.25, -0.2) is 4.79 Å². The summed E-state index contributed by atoms with van der Waals surface area (Å²) in [6.45, 7) is 7.01. The number of fused-ring (bicyclic) bond motifs is 1. The molecule has 2 amide bonds. The van der Waals surface area contributed by atoms with E-state index in [1.165, 1.54) is 0 Å². The van der Waals surface area contributed by atoms with Crippen molar-refractivity contribution in [1.82, 2.24) is 9.80 Å². The molecule has 1 unspecified atom stereocenters. The highest BCUT2D eigenvalue weighted by atomic mass is 16.6. The van der Waals surface area contributed by atoms with Gasteiger partial charge in [-0.1, -0.05) is 66.7 Å². The summed E-state index contributed by atoms with van der Waals surface area (Å²) in [6, 6.07) is 23.7. The summed E-state index contributed by atoms with van der Waals surface area (Å²) in [6.07, 6.45) is 0.343. The molecule has 1 saturated heterocycles. The lowest BCUT2D eigenvalue weighted by atomic mass is 10.00. The zero-order valence-electron chi connectivity index (χ0n) is 19.0. The molecular weight excluding hydrogens is 400 g/mol. The average Bonchev–Trinajstić information content (AvgIpc) is 2.77. The fourth-order valence-corrected chi connectivity index (χ4v) is 4.24. The van der Waals surface area contributed by atoms with Crippen LogP contribution in [-0.2, 0) is 11.2 Å². The molecular formula is C27H30N2O3. The van der Waals surface area contributed by atoms with Crippen molar-refractivity contribution in [2.45, 2.75) is 38.8 Å². The van der Waals surface area contributed by atoms with Crippen LogP contribution in [0.4, 0.5) is 4.79 Å². The maximum atomic E-state index is 13.5. The summed E-state index contributed by atoms with van der Waals surface area (Å²) < 4.78 is 5.67. The van der Waals surface area contributed by atoms with Gasteiger partial charge in [0.15, 0.2) is 0 Å². The Labute approximate surface area is 189 Å². The third-order valence-electron chi connectivity index (χ3n) is 5.73. The van der Waals surface area contributed by atoms with Gasteiger partial charge in [0.2, 0.25) is 0 Å². The molecule has 5 nitrogen and oxygen atoms in total. The van der Waals surface area contributed by atoms with E-state index in [-0.39, 0.29) is 18.0 Å². The minimum atomic E-state index is -0.565. The molecule has 1 heterocycles. The average molecular weight is 431 g/mol. The standard InChI is InChI=1S/C27H30N2O3/c1-27(2,3)32-26(31)29-17-16-28(19-22(29)18-20-10-5-4-6-11-20)25(30)24-15-9-13-21-12-7-8-14-23(21)24/h4-15,22H,16-19H2,1-3H3. The van der Waals surface area contributed by atoms with Gasteiger partial charge in [-0.2, -0.15) is 0 Å². The lowest BCUT2D eigenvalue weighted by Crippen LogP contribution is -2.58. The van der Waals surface area contributed by atoms with E-state index >= 15 is 0 Å². The molecule has 5 heteroatoms. The fourth-order valence-electron chi connectivity index (χ4n) is 4.24. The first-order valence-electron chi connectivity index (χ1n) is 11.1. The third kappa shape index (κ3) is 4.93. The van der Waals surface area contributed by atoms with Crippen molar-refractivity contribution >= 4 is 22.8 Å². The predicted molar refractivity (Wildman–Crippen MR) is 127 cm³/mol. The molecule has 0 bridgehead atoms. The van der Waals surface area contributed by atoms with Gasteiger partial charge in [0.05, 0.1) is 6.04 Å². The number of nitrogens with zero attached hydrogens (tertiary/aromatic N) is 2. The van der Waals surface area contributed by atoms with Crippen molar-refractivity contribution in [1.29, 1.82) is 0 Å². The summed E-state index contributed by atoms with van der Waals surface area (Å²) in [5.74, 6) is 0.00343. The van der Waals surface area contributed by atoms with Crippen LogP contribution in [0, 0.1) is 0 Å². The number of carbonyl (C=O) groups is 2. The Bertz CT molecular complexity index is 1100. The lowest BCUT2D eigenvalue weighted by molar-refractivity contribution is -0.000566. The molecule has 3 aromatic carbocycles. The maximum Gasteiger partial charge on any atom is 0.410 e. The van der Waals surface area contributed by atoms with E-state index in [9.17, 15) is 9.59 Å². The van der Waals surface area contributed by atoms with Crippen molar-refractivity contribution in [3.05, 3.63) is 83.9 Å². The Morgan fingerprint density at radius 1 is 0.906 bits per heavy atom. The molecule has 1 fully saturated rings. The van der Waals surface area contributed by atoms with E-state index in [1.807, 2.05) is 86.3 Å². The van der Waals surface area contributed by atoms with Crippen LogP contribution in [0.1, 0.15) is 36.7 Å². The second-order valence-electron chi connectivity index (χ2n) is 9.30. The first-order chi connectivity index (χ1) is 15.3. The summed E-state index contributed by atoms with van der Waals surface area (Å²) in [7, 11) is 0. The van der Waals surface area contributed by atoms with Gasteiger partial charge in [-0.3, -0.25) is 4.79 Å². The van der Waals surface area contributed by atoms with Crippen molar-refractivity contribution in [2.75, 3.05) is 19.6 Å². The molecule has 0 saturated carbocycles. The molecule has 0 N–H and O–H groups in total. The Morgan fingerprint density at radius 3 is 2.34 bits per heavy atom. The van der Waals surface area contributed by atoms with Crippen LogP contribution >= 0.6 is 0 Å². The monoisotopic (exact) mass is 430 g/mol. The summed E-state index contributed by atoms with van der Waals surface area (Å²) in [5.41, 5.74) is 1.27. The zero-order chi connectivity index (χ0) is 22.7. The summed E-state index contributed by atoms with van der Waals surface area (Å²) in [5, 5.41) is 2.00. The molecule has 0 radical (unpaired) electrons. The van der Waals surface area contributed by atoms with E-state index in [1.54, 1.807) is 4.90 Å². The molecule has 4 rings (SSSR count). The van der Waals surface area contributed by atoms with E-state index in [4.69, 9.17) is 4.74 Å². The molecule has 1 atom stereocenters. The normalized spacial score (nSPS) is 16.8. The number of hydrogen-bond acceptors (Lipinski definition) is 3. The number of amides is 2. The van der Waals surface area contributed by atoms with Crippen molar-refractivity contribution in [3.63, 3.8) is 0 Å². The molecule has 0 spiro atoms. The largest absolute Gasteiger partial charge is 0.444 e. The molecule has 166 valence electrons. The number of benzene rings is 3. The van der Waals surface area contributed by atoms with E-state index in [0.29, 0.717) is 31.6 Å². The van der Waals surface area contributed by atoms with Crippen LogP contribution in [-0.4, -0.2) is 53.1 Å². The number of ether oxygens (including phenoxy) is 1. The third-order valence-corrected chi connectivity index (χ3v) is 5.73. The van der Waals surface area contributed by atoms with Crippen molar-refractivity contribution < 1.29 is 14.3 Å². The molecule has 1 aliphatic rings. The van der Waals surface area contributed by atoms with Gasteiger partial charge < -0.3 is 14.5 Å². The fraction of sp³-hybridized carbons (Fsp3) is 0.333. The summed E-state index contributed by atoms with van der Waals surface area (Å²) in [4.78, 5) is 30.1. The first-order valence-corrected chi connectivity index (χ1v) is 11.1. The van der Waals surface area contributed by atoms with Gasteiger partial charge in [0.1, 0.15) is 5.60 Å². The number of rotatable bonds is 3. The van der Waals surface area contributed by atoms with Gasteiger partial charge >= 0.3 is 6.09 Å². The first kappa shape index (κ1) is 21.9. The zero-order valence-corrected chi connectivity index (χ0v) is 19.0. The van der Waals surface area contributed by atoms with Crippen molar-refractivity contribution in [2.24, 2.45) is 0 Å². The molecule has 3 aromatic rings. The molecule has 1 aliphatic heterocycles. The SMILES string of the molecule is CC(C)(C)OC(=O)N1CCN(C(=O)c2cccc3ccccc23)CC1Cc1ccccc1. The topological polar surface area (TPSA) is 49.9 Å². The van der Waals surface area contributed by atoms with Gasteiger partial charge in [0, 0.05) is 25.2 Å². The number of piperazine rings is 1. The van der Waals surface area contributed by atoms with Crippen molar-refractivity contribution in [3.8, 4) is 0 Å². The van der Waals surface area contributed by atoms with Crippen LogP contribution in [0.2, 0.25) is 0 Å². The van der Waals surface area contributed by atoms with E-state index < -0.39 is 5.60 Å². The predicted octanol–water partition coefficient (Wildman–Crippen LogP) is 5.14. The smallest absolute Gasteiger partial charge is 0.410 e. The van der Waals surface area contributed by atoms with Crippen LogP contribution in [0.25, 0.3) is 10.8 Å².